The van der Waals surface area contributed by atoms with Crippen LogP contribution >= 0.6 is 0 Å². The zero-order valence-corrected chi connectivity index (χ0v) is 13.8. The van der Waals surface area contributed by atoms with Crippen LogP contribution in [0.15, 0.2) is 18.2 Å². The van der Waals surface area contributed by atoms with E-state index >= 15 is 0 Å². The van der Waals surface area contributed by atoms with Gasteiger partial charge in [0.15, 0.2) is 11.5 Å². The molecule has 0 radical (unpaired) electrons. The maximum atomic E-state index is 12.0. The fourth-order valence-corrected chi connectivity index (χ4v) is 4.48. The average Bonchev–Trinajstić information content (AvgIpc) is 2.93. The molecule has 2 N–H and O–H groups in total. The van der Waals surface area contributed by atoms with Gasteiger partial charge in [0.05, 0.1) is 0 Å². The second-order valence-corrected chi connectivity index (χ2v) is 7.05. The minimum atomic E-state index is -0.688. The predicted octanol–water partition coefficient (Wildman–Crippen LogP) is 1.49. The fraction of sp³-hybridized carbons (Fsp3) is 0.611. The summed E-state index contributed by atoms with van der Waals surface area (Å²) in [5.74, 6) is 0.851. The van der Waals surface area contributed by atoms with Crippen molar-refractivity contribution < 1.29 is 19.4 Å². The lowest BCUT2D eigenvalue weighted by Gasteiger charge is -2.39. The normalized spacial score (nSPS) is 25.8. The highest BCUT2D eigenvalue weighted by atomic mass is 16.6. The number of nitrogens with zero attached hydrogens (tertiary/aromatic N) is 1. The molecule has 6 nitrogen and oxygen atoms in total. The molecule has 1 aromatic carbocycles. The fourth-order valence-electron chi connectivity index (χ4n) is 4.48. The Hall–Kier alpha value is -1.79. The largest absolute Gasteiger partial charge is 0.486 e. The van der Waals surface area contributed by atoms with Crippen molar-refractivity contribution in [3.8, 4) is 11.5 Å². The van der Waals surface area contributed by atoms with Gasteiger partial charge in [0.25, 0.3) is 0 Å². The molecule has 0 aliphatic carbocycles. The summed E-state index contributed by atoms with van der Waals surface area (Å²) in [4.78, 5) is 14.1. The van der Waals surface area contributed by atoms with Crippen LogP contribution in [0, 0.1) is 5.41 Å². The number of carboxylic acid groups (broad SMARTS) is 1. The Kier molecular flexibility index (Phi) is 4.10. The Morgan fingerprint density at radius 3 is 2.71 bits per heavy atom. The number of hydrogen-bond acceptors (Lipinski definition) is 5. The number of benzene rings is 1. The summed E-state index contributed by atoms with van der Waals surface area (Å²) in [6, 6.07) is 5.53. The van der Waals surface area contributed by atoms with Gasteiger partial charge in [-0.05, 0) is 56.6 Å². The van der Waals surface area contributed by atoms with E-state index in [9.17, 15) is 9.90 Å². The van der Waals surface area contributed by atoms with Gasteiger partial charge >= 0.3 is 5.97 Å². The topological polar surface area (TPSA) is 71.0 Å². The van der Waals surface area contributed by atoms with Crippen molar-refractivity contribution in [2.45, 2.75) is 31.8 Å². The highest BCUT2D eigenvalue weighted by Crippen LogP contribution is 2.45. The van der Waals surface area contributed by atoms with Crippen LogP contribution in [0.5, 0.6) is 11.5 Å². The number of likely N-dealkylation sites (tertiary alicyclic amines) is 1. The molecule has 1 aromatic rings. The van der Waals surface area contributed by atoms with Crippen molar-refractivity contribution in [1.29, 1.82) is 0 Å². The Labute approximate surface area is 141 Å². The molecule has 1 unspecified atom stereocenters. The minimum Gasteiger partial charge on any atom is -0.486 e. The van der Waals surface area contributed by atoms with E-state index in [1.165, 1.54) is 0 Å². The molecule has 4 rings (SSSR count). The van der Waals surface area contributed by atoms with Crippen LogP contribution in [0.2, 0.25) is 0 Å². The Balaban J connectivity index is 1.54. The zero-order chi connectivity index (χ0) is 16.6. The summed E-state index contributed by atoms with van der Waals surface area (Å²) in [6.45, 7) is 4.46. The third-order valence-electron chi connectivity index (χ3n) is 5.67. The van der Waals surface area contributed by atoms with E-state index in [1.807, 2.05) is 18.2 Å². The first kappa shape index (κ1) is 15.7. The number of piperidine rings is 1. The quantitative estimate of drug-likeness (QED) is 0.874. The second kappa shape index (κ2) is 6.26. The van der Waals surface area contributed by atoms with Crippen LogP contribution in [0.1, 0.15) is 24.8 Å². The third-order valence-corrected chi connectivity index (χ3v) is 5.67. The molecule has 0 saturated carbocycles. The van der Waals surface area contributed by atoms with Gasteiger partial charge in [-0.3, -0.25) is 9.69 Å². The van der Waals surface area contributed by atoms with Gasteiger partial charge in [-0.1, -0.05) is 6.07 Å². The molecular formula is C18H24N2O4. The highest BCUT2D eigenvalue weighted by molar-refractivity contribution is 5.75. The first-order valence-corrected chi connectivity index (χ1v) is 8.74. The molecule has 2 fully saturated rings. The summed E-state index contributed by atoms with van der Waals surface area (Å²) < 4.78 is 11.2. The Morgan fingerprint density at radius 1 is 1.21 bits per heavy atom. The molecule has 2 saturated heterocycles. The van der Waals surface area contributed by atoms with E-state index in [-0.39, 0.29) is 5.41 Å². The van der Waals surface area contributed by atoms with Crippen LogP contribution in [-0.2, 0) is 11.3 Å². The maximum Gasteiger partial charge on any atom is 0.321 e. The van der Waals surface area contributed by atoms with Crippen LogP contribution < -0.4 is 14.8 Å². The van der Waals surface area contributed by atoms with Gasteiger partial charge in [-0.15, -0.1) is 0 Å². The molecule has 0 bridgehead atoms. The summed E-state index contributed by atoms with van der Waals surface area (Å²) in [6.07, 6.45) is 2.86. The van der Waals surface area contributed by atoms with Crippen LogP contribution in [0.25, 0.3) is 0 Å². The minimum absolute atomic E-state index is 0.0785. The lowest BCUT2D eigenvalue weighted by molar-refractivity contribution is -0.146. The molecule has 3 heterocycles. The molecule has 0 aromatic heterocycles. The average molecular weight is 332 g/mol. The molecule has 6 heteroatoms. The van der Waals surface area contributed by atoms with E-state index in [2.05, 4.69) is 10.2 Å². The van der Waals surface area contributed by atoms with Crippen molar-refractivity contribution in [3.63, 3.8) is 0 Å². The van der Waals surface area contributed by atoms with Crippen molar-refractivity contribution >= 4 is 5.97 Å². The number of nitrogens with one attached hydrogen (secondary N) is 1. The van der Waals surface area contributed by atoms with E-state index in [1.54, 1.807) is 0 Å². The molecule has 130 valence electrons. The predicted molar refractivity (Wildman–Crippen MR) is 88.4 cm³/mol. The standard InChI is InChI=1S/C18H24N2O4/c21-17(22)16-18(3-6-19-7-4-18)5-8-20(16)12-13-1-2-14-15(11-13)24-10-9-23-14/h1-2,11,16,19H,3-10,12H2,(H,21,22). The SMILES string of the molecule is O=C(O)C1N(Cc2ccc3c(c2)OCCO3)CCC12CCNCC2. The van der Waals surface area contributed by atoms with Gasteiger partial charge in [-0.2, -0.15) is 0 Å². The maximum absolute atomic E-state index is 12.0. The van der Waals surface area contributed by atoms with Crippen LogP contribution in [-0.4, -0.2) is 54.9 Å². The van der Waals surface area contributed by atoms with E-state index in [0.717, 1.165) is 56.0 Å². The number of carboxylic acids is 1. The highest BCUT2D eigenvalue weighted by Gasteiger charge is 2.51. The first-order chi connectivity index (χ1) is 11.7. The summed E-state index contributed by atoms with van der Waals surface area (Å²) in [5.41, 5.74) is 1.00. The second-order valence-electron chi connectivity index (χ2n) is 7.05. The number of ether oxygens (including phenoxy) is 2. The van der Waals surface area contributed by atoms with Crippen molar-refractivity contribution in [3.05, 3.63) is 23.8 Å². The monoisotopic (exact) mass is 332 g/mol. The Bertz CT molecular complexity index is 627. The molecule has 24 heavy (non-hydrogen) atoms. The molecule has 1 spiro atoms. The van der Waals surface area contributed by atoms with Crippen LogP contribution in [0.4, 0.5) is 0 Å². The smallest absolute Gasteiger partial charge is 0.321 e. The van der Waals surface area contributed by atoms with E-state index < -0.39 is 12.0 Å². The number of rotatable bonds is 3. The van der Waals surface area contributed by atoms with Gasteiger partial charge < -0.3 is 19.9 Å². The van der Waals surface area contributed by atoms with Crippen molar-refractivity contribution in [2.24, 2.45) is 5.41 Å². The summed E-state index contributed by atoms with van der Waals surface area (Å²) in [5, 5.41) is 13.2. The van der Waals surface area contributed by atoms with Crippen molar-refractivity contribution in [2.75, 3.05) is 32.8 Å². The molecule has 3 aliphatic heterocycles. The Morgan fingerprint density at radius 2 is 1.96 bits per heavy atom. The van der Waals surface area contributed by atoms with Gasteiger partial charge in [0.2, 0.25) is 0 Å². The van der Waals surface area contributed by atoms with E-state index in [0.29, 0.717) is 19.8 Å². The third kappa shape index (κ3) is 2.74. The van der Waals surface area contributed by atoms with Crippen LogP contribution in [0.3, 0.4) is 0 Å². The van der Waals surface area contributed by atoms with E-state index in [4.69, 9.17) is 9.47 Å². The molecular weight excluding hydrogens is 308 g/mol. The molecule has 1 atom stereocenters. The van der Waals surface area contributed by atoms with Crippen molar-refractivity contribution in [1.82, 2.24) is 10.2 Å². The molecule has 3 aliphatic rings. The number of hydrogen-bond donors (Lipinski definition) is 2. The van der Waals surface area contributed by atoms with Gasteiger partial charge in [0, 0.05) is 12.0 Å². The summed E-state index contributed by atoms with van der Waals surface area (Å²) >= 11 is 0. The lowest BCUT2D eigenvalue weighted by Crippen LogP contribution is -2.49. The first-order valence-electron chi connectivity index (χ1n) is 8.74. The number of aliphatic carboxylic acids is 1. The number of fused-ring (bicyclic) bond motifs is 1. The van der Waals surface area contributed by atoms with Gasteiger partial charge in [0.1, 0.15) is 19.3 Å². The number of carbonyl (C=O) groups is 1. The molecule has 0 amide bonds. The van der Waals surface area contributed by atoms with Gasteiger partial charge in [-0.25, -0.2) is 0 Å². The lowest BCUT2D eigenvalue weighted by atomic mass is 9.73. The zero-order valence-electron chi connectivity index (χ0n) is 13.8. The summed E-state index contributed by atoms with van der Waals surface area (Å²) in [7, 11) is 0.